The van der Waals surface area contributed by atoms with Gasteiger partial charge in [0.15, 0.2) is 0 Å². The molecule has 0 radical (unpaired) electrons. The number of sulfonamides is 1. The fraction of sp³-hybridized carbons (Fsp3) is 0.160. The molecule has 0 atom stereocenters. The topological polar surface area (TPSA) is 84.9 Å². The van der Waals surface area contributed by atoms with Crippen LogP contribution >= 0.6 is 0 Å². The van der Waals surface area contributed by atoms with Gasteiger partial charge in [-0.15, -0.1) is 0 Å². The van der Waals surface area contributed by atoms with Gasteiger partial charge in [-0.1, -0.05) is 30.9 Å². The van der Waals surface area contributed by atoms with Crippen LogP contribution in [0.25, 0.3) is 0 Å². The zero-order valence-corrected chi connectivity index (χ0v) is 19.1. The number of benzene rings is 3. The zero-order chi connectivity index (χ0) is 23.7. The lowest BCUT2D eigenvalue weighted by Gasteiger charge is -2.24. The highest BCUT2D eigenvalue weighted by molar-refractivity contribution is 7.92. The minimum atomic E-state index is -3.98. The molecule has 172 valence electrons. The largest absolute Gasteiger partial charge is 0.494 e. The fourth-order valence-electron chi connectivity index (χ4n) is 3.03. The minimum absolute atomic E-state index is 0.0930. The van der Waals surface area contributed by atoms with Crippen LogP contribution in [0.2, 0.25) is 0 Å². The smallest absolute Gasteiger partial charge is 0.264 e. The molecule has 0 spiro atoms. The van der Waals surface area contributed by atoms with Crippen LogP contribution in [-0.4, -0.2) is 34.1 Å². The van der Waals surface area contributed by atoms with Crippen molar-refractivity contribution in [2.45, 2.75) is 11.8 Å². The Bertz CT molecular complexity index is 1160. The van der Waals surface area contributed by atoms with Crippen molar-refractivity contribution in [1.82, 2.24) is 0 Å². The fourth-order valence-corrected chi connectivity index (χ4v) is 4.47. The molecule has 3 rings (SSSR count). The molecular formula is C25H26N2O5S. The molecule has 0 aliphatic heterocycles. The van der Waals surface area contributed by atoms with Gasteiger partial charge >= 0.3 is 0 Å². The first-order chi connectivity index (χ1) is 15.9. The summed E-state index contributed by atoms with van der Waals surface area (Å²) in [7, 11) is -3.98. The van der Waals surface area contributed by atoms with Crippen molar-refractivity contribution in [3.63, 3.8) is 0 Å². The molecule has 0 aliphatic rings. The van der Waals surface area contributed by atoms with E-state index in [2.05, 4.69) is 11.9 Å². The highest BCUT2D eigenvalue weighted by Crippen LogP contribution is 2.26. The Kier molecular flexibility index (Phi) is 8.10. The van der Waals surface area contributed by atoms with Crippen molar-refractivity contribution in [3.05, 3.63) is 91.5 Å². The number of hydrogen-bond donors (Lipinski definition) is 1. The maximum absolute atomic E-state index is 13.4. The van der Waals surface area contributed by atoms with E-state index in [1.807, 2.05) is 6.92 Å². The highest BCUT2D eigenvalue weighted by Gasteiger charge is 2.27. The first-order valence-corrected chi connectivity index (χ1v) is 11.8. The molecule has 3 aromatic rings. The third-order valence-corrected chi connectivity index (χ3v) is 6.35. The Morgan fingerprint density at radius 2 is 1.55 bits per heavy atom. The van der Waals surface area contributed by atoms with Crippen LogP contribution in [0, 0.1) is 0 Å². The van der Waals surface area contributed by atoms with E-state index in [1.54, 1.807) is 72.8 Å². The summed E-state index contributed by atoms with van der Waals surface area (Å²) in [6.45, 7) is 5.93. The van der Waals surface area contributed by atoms with Crippen molar-refractivity contribution in [1.29, 1.82) is 0 Å². The molecule has 0 heterocycles. The van der Waals surface area contributed by atoms with Gasteiger partial charge in [-0.2, -0.15) is 0 Å². The van der Waals surface area contributed by atoms with Crippen molar-refractivity contribution >= 4 is 27.3 Å². The second kappa shape index (κ2) is 11.2. The molecule has 0 aromatic heterocycles. The van der Waals surface area contributed by atoms with Crippen LogP contribution in [0.4, 0.5) is 11.4 Å². The molecule has 1 N–H and O–H groups in total. The molecule has 0 saturated heterocycles. The summed E-state index contributed by atoms with van der Waals surface area (Å²) in [5.41, 5.74) is 0.875. The highest BCUT2D eigenvalue weighted by atomic mass is 32.2. The van der Waals surface area contributed by atoms with E-state index in [0.29, 0.717) is 36.1 Å². The SMILES string of the molecule is C=CCOc1ccc(NC(=O)CN(c2ccc(OCC)cc2)S(=O)(=O)c2ccccc2)cc1. The van der Waals surface area contributed by atoms with E-state index in [1.165, 1.54) is 12.1 Å². The maximum Gasteiger partial charge on any atom is 0.264 e. The maximum atomic E-state index is 13.4. The van der Waals surface area contributed by atoms with E-state index in [4.69, 9.17) is 9.47 Å². The summed E-state index contributed by atoms with van der Waals surface area (Å²) in [5, 5.41) is 2.74. The van der Waals surface area contributed by atoms with Crippen LogP contribution in [-0.2, 0) is 14.8 Å². The number of nitrogens with one attached hydrogen (secondary N) is 1. The molecule has 1 amide bonds. The number of carbonyl (C=O) groups is 1. The number of ether oxygens (including phenoxy) is 2. The van der Waals surface area contributed by atoms with Gasteiger partial charge in [0.2, 0.25) is 5.91 Å². The Morgan fingerprint density at radius 3 is 2.15 bits per heavy atom. The summed E-state index contributed by atoms with van der Waals surface area (Å²) in [4.78, 5) is 12.9. The van der Waals surface area contributed by atoms with Crippen LogP contribution < -0.4 is 19.1 Å². The van der Waals surface area contributed by atoms with Gasteiger partial charge in [0.25, 0.3) is 10.0 Å². The summed E-state index contributed by atoms with van der Waals surface area (Å²) >= 11 is 0. The van der Waals surface area contributed by atoms with E-state index in [0.717, 1.165) is 4.31 Å². The van der Waals surface area contributed by atoms with E-state index < -0.39 is 22.5 Å². The van der Waals surface area contributed by atoms with Gasteiger partial charge in [0, 0.05) is 5.69 Å². The van der Waals surface area contributed by atoms with Crippen molar-refractivity contribution in [2.24, 2.45) is 0 Å². The lowest BCUT2D eigenvalue weighted by atomic mass is 10.3. The lowest BCUT2D eigenvalue weighted by molar-refractivity contribution is -0.114. The van der Waals surface area contributed by atoms with Gasteiger partial charge in [0.05, 0.1) is 17.2 Å². The molecule has 0 aliphatic carbocycles. The average molecular weight is 467 g/mol. The van der Waals surface area contributed by atoms with Gasteiger partial charge in [0.1, 0.15) is 24.7 Å². The number of nitrogens with zero attached hydrogens (tertiary/aromatic N) is 1. The normalized spacial score (nSPS) is 10.8. The zero-order valence-electron chi connectivity index (χ0n) is 18.3. The number of amides is 1. The summed E-state index contributed by atoms with van der Waals surface area (Å²) < 4.78 is 38.7. The second-order valence-corrected chi connectivity index (χ2v) is 8.79. The Labute approximate surface area is 194 Å². The van der Waals surface area contributed by atoms with Crippen LogP contribution in [0.5, 0.6) is 11.5 Å². The molecule has 7 nitrogen and oxygen atoms in total. The van der Waals surface area contributed by atoms with Gasteiger partial charge in [-0.05, 0) is 67.6 Å². The van der Waals surface area contributed by atoms with E-state index >= 15 is 0 Å². The first kappa shape index (κ1) is 23.9. The molecular weight excluding hydrogens is 440 g/mol. The average Bonchev–Trinajstić information content (AvgIpc) is 2.83. The molecule has 33 heavy (non-hydrogen) atoms. The first-order valence-electron chi connectivity index (χ1n) is 10.4. The molecule has 0 unspecified atom stereocenters. The molecule has 0 saturated carbocycles. The Hall–Kier alpha value is -3.78. The third kappa shape index (κ3) is 6.36. The van der Waals surface area contributed by atoms with Crippen molar-refractivity contribution in [3.8, 4) is 11.5 Å². The molecule has 3 aromatic carbocycles. The predicted molar refractivity (Wildman–Crippen MR) is 129 cm³/mol. The van der Waals surface area contributed by atoms with Crippen molar-refractivity contribution in [2.75, 3.05) is 29.4 Å². The number of hydrogen-bond acceptors (Lipinski definition) is 5. The van der Waals surface area contributed by atoms with Gasteiger partial charge in [-0.3, -0.25) is 9.10 Å². The third-order valence-electron chi connectivity index (χ3n) is 4.56. The summed E-state index contributed by atoms with van der Waals surface area (Å²) in [6.07, 6.45) is 1.64. The van der Waals surface area contributed by atoms with Crippen LogP contribution in [0.15, 0.2) is 96.4 Å². The summed E-state index contributed by atoms with van der Waals surface area (Å²) in [5.74, 6) is 0.764. The van der Waals surface area contributed by atoms with Crippen LogP contribution in [0.3, 0.4) is 0 Å². The monoisotopic (exact) mass is 466 g/mol. The second-order valence-electron chi connectivity index (χ2n) is 6.92. The molecule has 0 bridgehead atoms. The lowest BCUT2D eigenvalue weighted by Crippen LogP contribution is -2.38. The number of carbonyl (C=O) groups excluding carboxylic acids is 1. The Morgan fingerprint density at radius 1 is 0.939 bits per heavy atom. The van der Waals surface area contributed by atoms with Gasteiger partial charge in [-0.25, -0.2) is 8.42 Å². The quantitative estimate of drug-likeness (QED) is 0.421. The number of rotatable bonds is 11. The molecule has 0 fully saturated rings. The predicted octanol–water partition coefficient (Wildman–Crippen LogP) is 4.48. The molecule has 8 heteroatoms. The number of anilines is 2. The van der Waals surface area contributed by atoms with Crippen LogP contribution in [0.1, 0.15) is 6.92 Å². The minimum Gasteiger partial charge on any atom is -0.494 e. The standard InChI is InChI=1S/C25H26N2O5S/c1-3-18-32-23-14-10-20(11-15-23)26-25(28)19-27(21-12-16-22(17-13-21)31-4-2)33(29,30)24-8-6-5-7-9-24/h3,5-17H,1,4,18-19H2,2H3,(H,26,28). The van der Waals surface area contributed by atoms with E-state index in [9.17, 15) is 13.2 Å². The summed E-state index contributed by atoms with van der Waals surface area (Å²) in [6, 6.07) is 21.4. The van der Waals surface area contributed by atoms with E-state index in [-0.39, 0.29) is 4.90 Å². The van der Waals surface area contributed by atoms with Gasteiger partial charge < -0.3 is 14.8 Å². The van der Waals surface area contributed by atoms with Crippen molar-refractivity contribution < 1.29 is 22.7 Å². The Balaban J connectivity index is 1.83.